The van der Waals surface area contributed by atoms with Gasteiger partial charge in [0.2, 0.25) is 0 Å². The third-order valence-corrected chi connectivity index (χ3v) is 3.46. The zero-order valence-corrected chi connectivity index (χ0v) is 11.2. The number of hydrogen-bond acceptors (Lipinski definition) is 3. The normalized spacial score (nSPS) is 17.6. The van der Waals surface area contributed by atoms with Gasteiger partial charge in [0, 0.05) is 30.4 Å². The van der Waals surface area contributed by atoms with Crippen LogP contribution in [0.2, 0.25) is 5.15 Å². The highest BCUT2D eigenvalue weighted by Gasteiger charge is 2.19. The van der Waals surface area contributed by atoms with E-state index in [1.165, 1.54) is 5.56 Å². The third-order valence-electron chi connectivity index (χ3n) is 3.25. The smallest absolute Gasteiger partial charge is 0.132 e. The summed E-state index contributed by atoms with van der Waals surface area (Å²) >= 11 is 5.85. The SMILES string of the molecule is Clc1cc2c(cn1)CC(NCc1ccccc1)CO2. The first-order valence-corrected chi connectivity index (χ1v) is 6.73. The van der Waals surface area contributed by atoms with Crippen LogP contribution in [0.25, 0.3) is 0 Å². The average Bonchev–Trinajstić information content (AvgIpc) is 2.46. The molecule has 1 atom stereocenters. The number of rotatable bonds is 3. The van der Waals surface area contributed by atoms with Gasteiger partial charge < -0.3 is 10.1 Å². The van der Waals surface area contributed by atoms with Crippen LogP contribution in [0.4, 0.5) is 0 Å². The van der Waals surface area contributed by atoms with Gasteiger partial charge >= 0.3 is 0 Å². The molecule has 3 rings (SSSR count). The van der Waals surface area contributed by atoms with E-state index in [2.05, 4.69) is 34.6 Å². The van der Waals surface area contributed by atoms with Gasteiger partial charge in [-0.2, -0.15) is 0 Å². The fraction of sp³-hybridized carbons (Fsp3) is 0.267. The van der Waals surface area contributed by atoms with E-state index in [0.29, 0.717) is 17.8 Å². The van der Waals surface area contributed by atoms with Crippen molar-refractivity contribution in [1.82, 2.24) is 10.3 Å². The first-order chi connectivity index (χ1) is 9.31. The molecule has 1 aliphatic heterocycles. The second-order valence-electron chi connectivity index (χ2n) is 4.69. The van der Waals surface area contributed by atoms with Crippen molar-refractivity contribution in [2.24, 2.45) is 0 Å². The second-order valence-corrected chi connectivity index (χ2v) is 5.08. The largest absolute Gasteiger partial charge is 0.491 e. The van der Waals surface area contributed by atoms with Crippen molar-refractivity contribution in [3.8, 4) is 5.75 Å². The monoisotopic (exact) mass is 274 g/mol. The fourth-order valence-electron chi connectivity index (χ4n) is 2.23. The summed E-state index contributed by atoms with van der Waals surface area (Å²) in [7, 11) is 0. The Balaban J connectivity index is 1.61. The van der Waals surface area contributed by atoms with Crippen molar-refractivity contribution in [3.63, 3.8) is 0 Å². The highest BCUT2D eigenvalue weighted by molar-refractivity contribution is 6.29. The molecule has 0 fully saturated rings. The quantitative estimate of drug-likeness (QED) is 0.874. The van der Waals surface area contributed by atoms with Gasteiger partial charge in [-0.3, -0.25) is 0 Å². The lowest BCUT2D eigenvalue weighted by molar-refractivity contribution is 0.237. The summed E-state index contributed by atoms with van der Waals surface area (Å²) in [5, 5.41) is 3.99. The van der Waals surface area contributed by atoms with Gasteiger partial charge in [-0.05, 0) is 12.0 Å². The Labute approximate surface area is 117 Å². The molecular weight excluding hydrogens is 260 g/mol. The summed E-state index contributed by atoms with van der Waals surface area (Å²) in [5.41, 5.74) is 2.39. The standard InChI is InChI=1S/C15H15ClN2O/c16-15-7-14-12(9-18-15)6-13(10-19-14)17-8-11-4-2-1-3-5-11/h1-5,7,9,13,17H,6,8,10H2. The lowest BCUT2D eigenvalue weighted by atomic mass is 10.0. The zero-order chi connectivity index (χ0) is 13.1. The number of benzene rings is 1. The molecule has 1 aromatic carbocycles. The van der Waals surface area contributed by atoms with Crippen LogP contribution in [-0.4, -0.2) is 17.6 Å². The maximum absolute atomic E-state index is 5.85. The lowest BCUT2D eigenvalue weighted by Crippen LogP contribution is -2.38. The van der Waals surface area contributed by atoms with E-state index in [4.69, 9.17) is 16.3 Å². The van der Waals surface area contributed by atoms with Gasteiger partial charge in [-0.1, -0.05) is 41.9 Å². The number of pyridine rings is 1. The third kappa shape index (κ3) is 3.06. The average molecular weight is 275 g/mol. The fourth-order valence-corrected chi connectivity index (χ4v) is 2.38. The highest BCUT2D eigenvalue weighted by Crippen LogP contribution is 2.26. The number of hydrogen-bond donors (Lipinski definition) is 1. The van der Waals surface area contributed by atoms with E-state index >= 15 is 0 Å². The predicted octanol–water partition coefficient (Wildman–Crippen LogP) is 2.83. The molecule has 0 aliphatic carbocycles. The number of nitrogens with one attached hydrogen (secondary N) is 1. The molecule has 19 heavy (non-hydrogen) atoms. The van der Waals surface area contributed by atoms with Crippen LogP contribution in [0.5, 0.6) is 5.75 Å². The minimum Gasteiger partial charge on any atom is -0.491 e. The molecule has 0 amide bonds. The van der Waals surface area contributed by atoms with Crippen LogP contribution < -0.4 is 10.1 Å². The molecule has 0 saturated heterocycles. The van der Waals surface area contributed by atoms with Crippen molar-refractivity contribution in [2.75, 3.05) is 6.61 Å². The Morgan fingerprint density at radius 1 is 1.32 bits per heavy atom. The van der Waals surface area contributed by atoms with E-state index in [9.17, 15) is 0 Å². The highest BCUT2D eigenvalue weighted by atomic mass is 35.5. The van der Waals surface area contributed by atoms with E-state index in [0.717, 1.165) is 24.3 Å². The summed E-state index contributed by atoms with van der Waals surface area (Å²) < 4.78 is 5.72. The molecule has 0 spiro atoms. The van der Waals surface area contributed by atoms with Crippen LogP contribution in [0, 0.1) is 0 Å². The van der Waals surface area contributed by atoms with Crippen LogP contribution in [-0.2, 0) is 13.0 Å². The van der Waals surface area contributed by atoms with Gasteiger partial charge in [0.15, 0.2) is 0 Å². The molecule has 3 nitrogen and oxygen atoms in total. The number of nitrogens with zero attached hydrogens (tertiary/aromatic N) is 1. The summed E-state index contributed by atoms with van der Waals surface area (Å²) in [4.78, 5) is 4.10. The molecule has 1 aromatic heterocycles. The van der Waals surface area contributed by atoms with Crippen LogP contribution >= 0.6 is 11.6 Å². The molecular formula is C15H15ClN2O. The van der Waals surface area contributed by atoms with E-state index < -0.39 is 0 Å². The number of ether oxygens (including phenoxy) is 1. The number of fused-ring (bicyclic) bond motifs is 1. The molecule has 0 radical (unpaired) electrons. The second kappa shape index (κ2) is 5.59. The van der Waals surface area contributed by atoms with Crippen molar-refractivity contribution in [1.29, 1.82) is 0 Å². The summed E-state index contributed by atoms with van der Waals surface area (Å²) in [6.07, 6.45) is 2.72. The molecule has 4 heteroatoms. The summed E-state index contributed by atoms with van der Waals surface area (Å²) in [6.45, 7) is 1.52. The first-order valence-electron chi connectivity index (χ1n) is 6.36. The predicted molar refractivity (Wildman–Crippen MR) is 75.5 cm³/mol. The van der Waals surface area contributed by atoms with Crippen LogP contribution in [0.1, 0.15) is 11.1 Å². The molecule has 1 aliphatic rings. The molecule has 98 valence electrons. The molecule has 2 aromatic rings. The summed E-state index contributed by atoms with van der Waals surface area (Å²) in [5.74, 6) is 0.859. The summed E-state index contributed by atoms with van der Waals surface area (Å²) in [6, 6.07) is 12.5. The first kappa shape index (κ1) is 12.5. The van der Waals surface area contributed by atoms with E-state index in [1.807, 2.05) is 6.07 Å². The Bertz CT molecular complexity index is 559. The number of halogens is 1. The Morgan fingerprint density at radius 2 is 2.16 bits per heavy atom. The van der Waals surface area contributed by atoms with Crippen molar-refractivity contribution in [3.05, 3.63) is 58.9 Å². The van der Waals surface area contributed by atoms with Crippen molar-refractivity contribution >= 4 is 11.6 Å². The van der Waals surface area contributed by atoms with Gasteiger partial charge in [-0.15, -0.1) is 0 Å². The Morgan fingerprint density at radius 3 is 3.00 bits per heavy atom. The van der Waals surface area contributed by atoms with Crippen LogP contribution in [0.15, 0.2) is 42.6 Å². The zero-order valence-electron chi connectivity index (χ0n) is 10.5. The maximum atomic E-state index is 5.85. The maximum Gasteiger partial charge on any atom is 0.132 e. The van der Waals surface area contributed by atoms with Crippen molar-refractivity contribution < 1.29 is 4.74 Å². The Kier molecular flexibility index (Phi) is 3.67. The van der Waals surface area contributed by atoms with Gasteiger partial charge in [0.25, 0.3) is 0 Å². The van der Waals surface area contributed by atoms with Gasteiger partial charge in [0.05, 0.1) is 0 Å². The molecule has 2 heterocycles. The van der Waals surface area contributed by atoms with Crippen molar-refractivity contribution in [2.45, 2.75) is 19.0 Å². The van der Waals surface area contributed by atoms with Crippen LogP contribution in [0.3, 0.4) is 0 Å². The topological polar surface area (TPSA) is 34.2 Å². The molecule has 0 saturated carbocycles. The Hall–Kier alpha value is -1.58. The minimum absolute atomic E-state index is 0.315. The van der Waals surface area contributed by atoms with E-state index in [1.54, 1.807) is 12.3 Å². The van der Waals surface area contributed by atoms with Gasteiger partial charge in [0.1, 0.15) is 17.5 Å². The lowest BCUT2D eigenvalue weighted by Gasteiger charge is -2.26. The molecule has 1 N–H and O–H groups in total. The molecule has 0 bridgehead atoms. The minimum atomic E-state index is 0.315. The van der Waals surface area contributed by atoms with E-state index in [-0.39, 0.29) is 0 Å². The molecule has 1 unspecified atom stereocenters. The number of aromatic nitrogens is 1. The van der Waals surface area contributed by atoms with Gasteiger partial charge in [-0.25, -0.2) is 4.98 Å².